The lowest BCUT2D eigenvalue weighted by Crippen LogP contribution is -2.27. The van der Waals surface area contributed by atoms with Gasteiger partial charge in [0.1, 0.15) is 23.8 Å². The molecule has 9 heteroatoms. The molecule has 37 heavy (non-hydrogen) atoms. The van der Waals surface area contributed by atoms with Crippen LogP contribution in [0.1, 0.15) is 49.3 Å². The summed E-state index contributed by atoms with van der Waals surface area (Å²) in [5.74, 6) is -0.534. The van der Waals surface area contributed by atoms with Gasteiger partial charge in [-0.05, 0) is 57.5 Å². The minimum Gasteiger partial charge on any atom is -0.488 e. The molecule has 194 valence electrons. The number of hydrogen-bond donors (Lipinski definition) is 0. The highest BCUT2D eigenvalue weighted by atomic mass is 19.1. The number of esters is 1. The summed E-state index contributed by atoms with van der Waals surface area (Å²) < 4.78 is 37.6. The summed E-state index contributed by atoms with van der Waals surface area (Å²) >= 11 is 0. The van der Waals surface area contributed by atoms with Crippen LogP contribution in [-0.4, -0.2) is 40.9 Å². The van der Waals surface area contributed by atoms with Crippen LogP contribution in [0.15, 0.2) is 48.7 Å². The van der Waals surface area contributed by atoms with Crippen LogP contribution in [0.3, 0.4) is 0 Å². The molecule has 4 rings (SSSR count). The standard InChI is InChI=1S/C28H29FN2O6/c1-6-35-26(32)25-19(16-34-5)23-21(14-30-25)31(27(33)37-28(2,3)4)20-11-8-12-22(24(20)23)36-15-17-9-7-10-18(29)13-17/h7-14H,6,15-16H2,1-5H3. The molecule has 0 aliphatic carbocycles. The highest BCUT2D eigenvalue weighted by molar-refractivity contribution is 6.17. The molecular weight excluding hydrogens is 479 g/mol. The van der Waals surface area contributed by atoms with Gasteiger partial charge in [0.2, 0.25) is 0 Å². The number of halogens is 1. The van der Waals surface area contributed by atoms with Crippen LogP contribution in [-0.2, 0) is 27.4 Å². The molecule has 0 saturated carbocycles. The Labute approximate surface area is 213 Å². The maximum Gasteiger partial charge on any atom is 0.419 e. The second kappa shape index (κ2) is 10.6. The van der Waals surface area contributed by atoms with Gasteiger partial charge in [0.15, 0.2) is 5.69 Å². The minimum atomic E-state index is -0.751. The first kappa shape index (κ1) is 26.1. The van der Waals surface area contributed by atoms with E-state index in [2.05, 4.69) is 4.98 Å². The molecule has 0 amide bonds. The van der Waals surface area contributed by atoms with Gasteiger partial charge in [-0.25, -0.2) is 23.5 Å². The summed E-state index contributed by atoms with van der Waals surface area (Å²) in [5.41, 5.74) is 1.34. The Balaban J connectivity index is 1.99. The summed E-state index contributed by atoms with van der Waals surface area (Å²) in [5, 5.41) is 1.12. The molecule has 2 aromatic heterocycles. The first-order chi connectivity index (χ1) is 17.6. The number of nitrogens with zero attached hydrogens (tertiary/aromatic N) is 2. The van der Waals surface area contributed by atoms with Crippen LogP contribution in [0.25, 0.3) is 21.8 Å². The fourth-order valence-corrected chi connectivity index (χ4v) is 4.15. The predicted octanol–water partition coefficient (Wildman–Crippen LogP) is 6.01. The van der Waals surface area contributed by atoms with Crippen LogP contribution in [0, 0.1) is 5.82 Å². The van der Waals surface area contributed by atoms with E-state index in [1.54, 1.807) is 58.0 Å². The topological polar surface area (TPSA) is 88.9 Å². The lowest BCUT2D eigenvalue weighted by molar-refractivity contribution is 0.0513. The third-order valence-corrected chi connectivity index (χ3v) is 5.51. The molecule has 0 spiro atoms. The quantitative estimate of drug-likeness (QED) is 0.282. The molecule has 4 aromatic rings. The number of hydrogen-bond acceptors (Lipinski definition) is 7. The van der Waals surface area contributed by atoms with Crippen LogP contribution >= 0.6 is 0 Å². The molecule has 8 nitrogen and oxygen atoms in total. The van der Waals surface area contributed by atoms with E-state index in [1.807, 2.05) is 0 Å². The first-order valence-electron chi connectivity index (χ1n) is 11.9. The summed E-state index contributed by atoms with van der Waals surface area (Å²) in [6.07, 6.45) is 0.838. The molecule has 0 unspecified atom stereocenters. The largest absolute Gasteiger partial charge is 0.488 e. The third kappa shape index (κ3) is 5.41. The van der Waals surface area contributed by atoms with E-state index >= 15 is 0 Å². The van der Waals surface area contributed by atoms with Gasteiger partial charge >= 0.3 is 12.1 Å². The van der Waals surface area contributed by atoms with Crippen molar-refractivity contribution in [3.8, 4) is 5.75 Å². The van der Waals surface area contributed by atoms with Crippen molar-refractivity contribution in [2.75, 3.05) is 13.7 Å². The van der Waals surface area contributed by atoms with E-state index in [9.17, 15) is 14.0 Å². The van der Waals surface area contributed by atoms with Gasteiger partial charge in [-0.1, -0.05) is 18.2 Å². The molecule has 0 aliphatic rings. The summed E-state index contributed by atoms with van der Waals surface area (Å²) in [6, 6.07) is 11.4. The highest BCUT2D eigenvalue weighted by Crippen LogP contribution is 2.39. The van der Waals surface area contributed by atoms with Crippen molar-refractivity contribution in [1.82, 2.24) is 9.55 Å². The Hall–Kier alpha value is -3.98. The van der Waals surface area contributed by atoms with Crippen molar-refractivity contribution in [2.45, 2.75) is 46.5 Å². The summed E-state index contributed by atoms with van der Waals surface area (Å²) in [6.45, 7) is 7.33. The van der Waals surface area contributed by atoms with Crippen molar-refractivity contribution in [3.05, 3.63) is 71.3 Å². The SMILES string of the molecule is CCOC(=O)c1ncc2c(c1COC)c1c(OCc3cccc(F)c3)cccc1n2C(=O)OC(C)(C)C. The average Bonchev–Trinajstić information content (AvgIpc) is 3.17. The van der Waals surface area contributed by atoms with Gasteiger partial charge in [0.05, 0.1) is 35.8 Å². The maximum atomic E-state index is 13.7. The van der Waals surface area contributed by atoms with Crippen molar-refractivity contribution in [3.63, 3.8) is 0 Å². The first-order valence-corrected chi connectivity index (χ1v) is 11.9. The van der Waals surface area contributed by atoms with E-state index in [4.69, 9.17) is 18.9 Å². The van der Waals surface area contributed by atoms with Crippen molar-refractivity contribution in [2.24, 2.45) is 0 Å². The van der Waals surface area contributed by atoms with Crippen LogP contribution in [0.5, 0.6) is 5.75 Å². The van der Waals surface area contributed by atoms with Crippen molar-refractivity contribution in [1.29, 1.82) is 0 Å². The Bertz CT molecular complexity index is 1470. The predicted molar refractivity (Wildman–Crippen MR) is 136 cm³/mol. The number of pyridine rings is 1. The second-order valence-electron chi connectivity index (χ2n) is 9.38. The fraction of sp³-hybridized carbons (Fsp3) is 0.321. The number of rotatable bonds is 7. The molecule has 0 saturated heterocycles. The number of carbonyl (C=O) groups excluding carboxylic acids is 2. The van der Waals surface area contributed by atoms with Crippen LogP contribution < -0.4 is 4.74 Å². The Morgan fingerprint density at radius 2 is 1.78 bits per heavy atom. The average molecular weight is 509 g/mol. The zero-order chi connectivity index (χ0) is 26.7. The maximum absolute atomic E-state index is 13.7. The number of methoxy groups -OCH3 is 1. The van der Waals surface area contributed by atoms with Gasteiger partial charge in [-0.15, -0.1) is 0 Å². The van der Waals surface area contributed by atoms with Gasteiger partial charge < -0.3 is 18.9 Å². The fourth-order valence-electron chi connectivity index (χ4n) is 4.15. The van der Waals surface area contributed by atoms with Gasteiger partial charge in [0, 0.05) is 18.1 Å². The lowest BCUT2D eigenvalue weighted by Gasteiger charge is -2.20. The van der Waals surface area contributed by atoms with Crippen molar-refractivity contribution < 1.29 is 32.9 Å². The minimum absolute atomic E-state index is 0.0319. The van der Waals surface area contributed by atoms with E-state index < -0.39 is 17.7 Å². The van der Waals surface area contributed by atoms with E-state index in [0.29, 0.717) is 38.7 Å². The van der Waals surface area contributed by atoms with Crippen LogP contribution in [0.2, 0.25) is 0 Å². The zero-order valence-electron chi connectivity index (χ0n) is 21.5. The van der Waals surface area contributed by atoms with Crippen molar-refractivity contribution >= 4 is 33.9 Å². The smallest absolute Gasteiger partial charge is 0.419 e. The normalized spacial score (nSPS) is 11.6. The van der Waals surface area contributed by atoms with Gasteiger partial charge in [-0.2, -0.15) is 0 Å². The molecular formula is C28H29FN2O6. The number of carbonyl (C=O) groups is 2. The molecule has 0 radical (unpaired) electrons. The lowest BCUT2D eigenvalue weighted by atomic mass is 10.0. The van der Waals surface area contributed by atoms with E-state index in [-0.39, 0.29) is 31.3 Å². The molecule has 0 fully saturated rings. The Morgan fingerprint density at radius 3 is 2.46 bits per heavy atom. The molecule has 0 bridgehead atoms. The van der Waals surface area contributed by atoms with Gasteiger partial charge in [-0.3, -0.25) is 0 Å². The zero-order valence-corrected chi connectivity index (χ0v) is 21.5. The van der Waals surface area contributed by atoms with Crippen LogP contribution in [0.4, 0.5) is 9.18 Å². The number of aromatic nitrogens is 2. The summed E-state index contributed by atoms with van der Waals surface area (Å²) in [4.78, 5) is 30.5. The second-order valence-corrected chi connectivity index (χ2v) is 9.38. The molecule has 0 aliphatic heterocycles. The number of fused-ring (bicyclic) bond motifs is 3. The molecule has 2 heterocycles. The Morgan fingerprint density at radius 1 is 1.03 bits per heavy atom. The highest BCUT2D eigenvalue weighted by Gasteiger charge is 2.28. The van der Waals surface area contributed by atoms with E-state index in [1.165, 1.54) is 30.0 Å². The third-order valence-electron chi connectivity index (χ3n) is 5.51. The molecule has 0 N–H and O–H groups in total. The van der Waals surface area contributed by atoms with Gasteiger partial charge in [0.25, 0.3) is 0 Å². The molecule has 2 aromatic carbocycles. The Kier molecular flexibility index (Phi) is 7.45. The number of ether oxygens (including phenoxy) is 4. The number of benzene rings is 2. The molecule has 0 atom stereocenters. The monoisotopic (exact) mass is 508 g/mol. The van der Waals surface area contributed by atoms with E-state index in [0.717, 1.165) is 0 Å². The summed E-state index contributed by atoms with van der Waals surface area (Å²) in [7, 11) is 1.50.